The molecular weight excluding hydrogens is 378 g/mol. The quantitative estimate of drug-likeness (QED) is 0.468. The minimum atomic E-state index is -1.06. The van der Waals surface area contributed by atoms with Gasteiger partial charge in [-0.05, 0) is 35.1 Å². The van der Waals surface area contributed by atoms with Crippen LogP contribution in [0.1, 0.15) is 42.7 Å². The van der Waals surface area contributed by atoms with Gasteiger partial charge in [0.15, 0.2) is 0 Å². The van der Waals surface area contributed by atoms with Crippen molar-refractivity contribution < 1.29 is 19.4 Å². The molecule has 1 unspecified atom stereocenters. The first-order valence-electron chi connectivity index (χ1n) is 9.52. The van der Waals surface area contributed by atoms with E-state index in [1.165, 1.54) is 0 Å². The van der Waals surface area contributed by atoms with Crippen molar-refractivity contribution in [3.05, 3.63) is 59.7 Å². The van der Waals surface area contributed by atoms with Crippen LogP contribution in [0.15, 0.2) is 48.5 Å². The summed E-state index contributed by atoms with van der Waals surface area (Å²) in [5.41, 5.74) is 4.53. The Morgan fingerprint density at radius 2 is 1.61 bits per heavy atom. The zero-order valence-corrected chi connectivity index (χ0v) is 16.3. The molecule has 3 rings (SSSR count). The van der Waals surface area contributed by atoms with E-state index in [0.29, 0.717) is 18.7 Å². The highest BCUT2D eigenvalue weighted by molar-refractivity contribution is 6.17. The first-order valence-corrected chi connectivity index (χ1v) is 10.1. The van der Waals surface area contributed by atoms with Crippen LogP contribution in [-0.4, -0.2) is 35.7 Å². The summed E-state index contributed by atoms with van der Waals surface area (Å²) in [6, 6.07) is 15.2. The van der Waals surface area contributed by atoms with Gasteiger partial charge >= 0.3 is 12.1 Å². The van der Waals surface area contributed by atoms with Crippen molar-refractivity contribution in [2.75, 3.05) is 12.5 Å². The predicted octanol–water partition coefficient (Wildman–Crippen LogP) is 4.78. The molecule has 0 fully saturated rings. The molecule has 5 nitrogen and oxygen atoms in total. The summed E-state index contributed by atoms with van der Waals surface area (Å²) in [7, 11) is 0. The molecular formula is C22H24ClNO4. The number of aliphatic carboxylic acids is 1. The van der Waals surface area contributed by atoms with Crippen LogP contribution in [0.25, 0.3) is 11.1 Å². The Morgan fingerprint density at radius 1 is 1.00 bits per heavy atom. The van der Waals surface area contributed by atoms with Crippen LogP contribution in [0.4, 0.5) is 4.79 Å². The fraction of sp³-hybridized carbons (Fsp3) is 0.364. The number of carbonyl (C=O) groups excluding carboxylic acids is 1. The summed E-state index contributed by atoms with van der Waals surface area (Å²) in [6.07, 6.45) is 2.01. The molecule has 148 valence electrons. The maximum atomic E-state index is 12.2. The number of halogens is 1. The zero-order chi connectivity index (χ0) is 19.9. The van der Waals surface area contributed by atoms with Crippen molar-refractivity contribution in [1.82, 2.24) is 5.32 Å². The number of carboxylic acid groups (broad SMARTS) is 1. The van der Waals surface area contributed by atoms with Gasteiger partial charge in [0.1, 0.15) is 12.6 Å². The molecule has 1 atom stereocenters. The Hall–Kier alpha value is -2.53. The van der Waals surface area contributed by atoms with E-state index in [9.17, 15) is 14.7 Å². The van der Waals surface area contributed by atoms with Crippen molar-refractivity contribution >= 4 is 23.7 Å². The van der Waals surface area contributed by atoms with E-state index >= 15 is 0 Å². The van der Waals surface area contributed by atoms with E-state index in [2.05, 4.69) is 17.4 Å². The maximum Gasteiger partial charge on any atom is 0.407 e. The van der Waals surface area contributed by atoms with E-state index in [1.54, 1.807) is 0 Å². The molecule has 1 amide bonds. The van der Waals surface area contributed by atoms with Crippen LogP contribution in [0.3, 0.4) is 0 Å². The first-order chi connectivity index (χ1) is 13.6. The number of unbranched alkanes of at least 4 members (excludes halogenated alkanes) is 2. The largest absolute Gasteiger partial charge is 0.480 e. The minimum Gasteiger partial charge on any atom is -0.480 e. The van der Waals surface area contributed by atoms with Crippen LogP contribution in [0.5, 0.6) is 0 Å². The van der Waals surface area contributed by atoms with Gasteiger partial charge in [-0.25, -0.2) is 9.59 Å². The number of hydrogen-bond donors (Lipinski definition) is 2. The molecule has 1 aliphatic carbocycles. The van der Waals surface area contributed by atoms with Crippen molar-refractivity contribution in [3.63, 3.8) is 0 Å². The van der Waals surface area contributed by atoms with Crippen molar-refractivity contribution in [2.24, 2.45) is 0 Å². The highest BCUT2D eigenvalue weighted by Gasteiger charge is 2.29. The van der Waals surface area contributed by atoms with Gasteiger partial charge in [-0.15, -0.1) is 11.6 Å². The summed E-state index contributed by atoms with van der Waals surface area (Å²) < 4.78 is 5.41. The average molecular weight is 402 g/mol. The third kappa shape index (κ3) is 4.65. The molecule has 2 aromatic rings. The fourth-order valence-corrected chi connectivity index (χ4v) is 3.85. The Bertz CT molecular complexity index is 793. The van der Waals surface area contributed by atoms with Gasteiger partial charge in [0.05, 0.1) is 0 Å². The number of amides is 1. The average Bonchev–Trinajstić information content (AvgIpc) is 3.02. The third-order valence-electron chi connectivity index (χ3n) is 5.06. The molecule has 2 N–H and O–H groups in total. The molecule has 0 aromatic heterocycles. The van der Waals surface area contributed by atoms with Gasteiger partial charge in [0.25, 0.3) is 0 Å². The first kappa shape index (κ1) is 20.2. The lowest BCUT2D eigenvalue weighted by molar-refractivity contribution is -0.139. The van der Waals surface area contributed by atoms with Gasteiger partial charge < -0.3 is 15.2 Å². The van der Waals surface area contributed by atoms with E-state index in [0.717, 1.165) is 35.1 Å². The number of rotatable bonds is 9. The molecule has 0 bridgehead atoms. The summed E-state index contributed by atoms with van der Waals surface area (Å²) >= 11 is 5.63. The second-order valence-corrected chi connectivity index (χ2v) is 7.28. The second kappa shape index (κ2) is 9.60. The standard InChI is InChI=1S/C22H24ClNO4/c23-13-7-1-2-12-20(21(25)26)24-22(27)28-14-19-17-10-5-3-8-15(17)16-9-4-6-11-18(16)19/h3-6,8-11,19-20H,1-2,7,12-14H2,(H,24,27)(H,25,26). The van der Waals surface area contributed by atoms with Crippen LogP contribution >= 0.6 is 11.6 Å². The lowest BCUT2D eigenvalue weighted by Crippen LogP contribution is -2.41. The lowest BCUT2D eigenvalue weighted by atomic mass is 9.98. The predicted molar refractivity (Wildman–Crippen MR) is 109 cm³/mol. The normalized spacial score (nSPS) is 13.5. The number of benzene rings is 2. The zero-order valence-electron chi connectivity index (χ0n) is 15.6. The molecule has 0 spiro atoms. The molecule has 0 saturated heterocycles. The summed E-state index contributed by atoms with van der Waals surface area (Å²) in [6.45, 7) is 0.165. The van der Waals surface area contributed by atoms with E-state index in [4.69, 9.17) is 16.3 Å². The summed E-state index contributed by atoms with van der Waals surface area (Å²) in [5, 5.41) is 11.8. The van der Waals surface area contributed by atoms with Crippen LogP contribution in [0.2, 0.25) is 0 Å². The number of nitrogens with one attached hydrogen (secondary N) is 1. The van der Waals surface area contributed by atoms with Gasteiger partial charge in [0.2, 0.25) is 0 Å². The number of hydrogen-bond acceptors (Lipinski definition) is 3. The monoisotopic (exact) mass is 401 g/mol. The Balaban J connectivity index is 1.60. The van der Waals surface area contributed by atoms with Crippen LogP contribution < -0.4 is 5.32 Å². The highest BCUT2D eigenvalue weighted by Crippen LogP contribution is 2.44. The molecule has 2 aromatic carbocycles. The van der Waals surface area contributed by atoms with Gasteiger partial charge in [-0.1, -0.05) is 61.4 Å². The number of fused-ring (bicyclic) bond motifs is 3. The fourth-order valence-electron chi connectivity index (χ4n) is 3.66. The SMILES string of the molecule is O=C(NC(CCCCCCl)C(=O)O)OCC1c2ccccc2-c2ccccc21. The molecule has 28 heavy (non-hydrogen) atoms. The number of ether oxygens (including phenoxy) is 1. The van der Waals surface area contributed by atoms with Crippen molar-refractivity contribution in [2.45, 2.75) is 37.6 Å². The summed E-state index contributed by atoms with van der Waals surface area (Å²) in [4.78, 5) is 23.6. The number of alkyl carbamates (subject to hydrolysis) is 1. The Morgan fingerprint density at radius 3 is 2.18 bits per heavy atom. The van der Waals surface area contributed by atoms with E-state index in [1.807, 2.05) is 36.4 Å². The summed E-state index contributed by atoms with van der Waals surface area (Å²) in [5.74, 6) is -0.554. The third-order valence-corrected chi connectivity index (χ3v) is 5.33. The maximum absolute atomic E-state index is 12.2. The second-order valence-electron chi connectivity index (χ2n) is 6.90. The Labute approximate surface area is 169 Å². The topological polar surface area (TPSA) is 75.6 Å². The van der Waals surface area contributed by atoms with Crippen molar-refractivity contribution in [1.29, 1.82) is 0 Å². The van der Waals surface area contributed by atoms with Crippen LogP contribution in [-0.2, 0) is 9.53 Å². The molecule has 0 heterocycles. The molecule has 0 saturated carbocycles. The van der Waals surface area contributed by atoms with E-state index in [-0.39, 0.29) is 12.5 Å². The van der Waals surface area contributed by atoms with E-state index < -0.39 is 18.1 Å². The number of carbonyl (C=O) groups is 2. The molecule has 1 aliphatic rings. The molecule has 0 radical (unpaired) electrons. The molecule has 6 heteroatoms. The minimum absolute atomic E-state index is 0.0508. The lowest BCUT2D eigenvalue weighted by Gasteiger charge is -2.17. The number of alkyl halides is 1. The smallest absolute Gasteiger partial charge is 0.407 e. The Kier molecular flexibility index (Phi) is 6.93. The number of carboxylic acids is 1. The molecule has 0 aliphatic heterocycles. The van der Waals surface area contributed by atoms with Crippen LogP contribution in [0, 0.1) is 0 Å². The van der Waals surface area contributed by atoms with Gasteiger partial charge in [-0.3, -0.25) is 0 Å². The van der Waals surface area contributed by atoms with Gasteiger partial charge in [-0.2, -0.15) is 0 Å². The highest BCUT2D eigenvalue weighted by atomic mass is 35.5. The van der Waals surface area contributed by atoms with Crippen molar-refractivity contribution in [3.8, 4) is 11.1 Å². The van der Waals surface area contributed by atoms with Gasteiger partial charge in [0, 0.05) is 11.8 Å².